The molecule has 0 saturated heterocycles. The van der Waals surface area contributed by atoms with Crippen LogP contribution in [0.2, 0.25) is 0 Å². The molecule has 1 aliphatic rings. The van der Waals surface area contributed by atoms with Gasteiger partial charge in [0.2, 0.25) is 5.91 Å². The van der Waals surface area contributed by atoms with Crippen LogP contribution >= 0.6 is 0 Å². The van der Waals surface area contributed by atoms with E-state index in [-0.39, 0.29) is 12.5 Å². The number of furan rings is 1. The van der Waals surface area contributed by atoms with Crippen LogP contribution in [0, 0.1) is 5.92 Å². The molecule has 0 aliphatic carbocycles. The second-order valence-corrected chi connectivity index (χ2v) is 6.41. The van der Waals surface area contributed by atoms with Crippen LogP contribution in [0.15, 0.2) is 35.2 Å². The van der Waals surface area contributed by atoms with Gasteiger partial charge in [-0.2, -0.15) is 0 Å². The number of imidazole rings is 1. The Labute approximate surface area is 141 Å². The van der Waals surface area contributed by atoms with Crippen molar-refractivity contribution in [2.45, 2.75) is 19.6 Å². The Morgan fingerprint density at radius 1 is 1.46 bits per heavy atom. The van der Waals surface area contributed by atoms with Crippen LogP contribution < -0.4 is 0 Å². The van der Waals surface area contributed by atoms with Gasteiger partial charge in [0, 0.05) is 45.5 Å². The van der Waals surface area contributed by atoms with Crippen LogP contribution in [0.1, 0.15) is 11.6 Å². The summed E-state index contributed by atoms with van der Waals surface area (Å²) in [7, 11) is 3.47. The molecule has 0 fully saturated rings. The molecule has 2 aromatic heterocycles. The minimum absolute atomic E-state index is 0.0145. The van der Waals surface area contributed by atoms with Gasteiger partial charge in [-0.25, -0.2) is 4.98 Å². The largest absolute Gasteiger partial charge is 0.468 e. The zero-order valence-electron chi connectivity index (χ0n) is 14.2. The van der Waals surface area contributed by atoms with Gasteiger partial charge in [-0.05, 0) is 12.1 Å². The van der Waals surface area contributed by atoms with Crippen LogP contribution in [-0.2, 0) is 29.2 Å². The molecule has 0 saturated carbocycles. The van der Waals surface area contributed by atoms with Crippen LogP contribution in [0.5, 0.6) is 0 Å². The fourth-order valence-corrected chi connectivity index (χ4v) is 2.91. The average molecular weight is 332 g/mol. The average Bonchev–Trinajstić information content (AvgIpc) is 3.16. The Morgan fingerprint density at radius 2 is 2.33 bits per heavy atom. The van der Waals surface area contributed by atoms with E-state index in [9.17, 15) is 4.79 Å². The normalized spacial score (nSPS) is 18.2. The van der Waals surface area contributed by atoms with Crippen LogP contribution in [-0.4, -0.2) is 59.1 Å². The van der Waals surface area contributed by atoms with Crippen molar-refractivity contribution in [1.82, 2.24) is 19.4 Å². The monoisotopic (exact) mass is 332 g/mol. The third-order valence-corrected chi connectivity index (χ3v) is 4.18. The maximum absolute atomic E-state index is 11.6. The van der Waals surface area contributed by atoms with Crippen LogP contribution in [0.25, 0.3) is 0 Å². The molecule has 7 heteroatoms. The molecule has 2 aromatic rings. The molecule has 0 spiro atoms. The Balaban J connectivity index is 1.62. The van der Waals surface area contributed by atoms with E-state index < -0.39 is 0 Å². The lowest BCUT2D eigenvalue weighted by Crippen LogP contribution is -2.32. The van der Waals surface area contributed by atoms with E-state index in [0.29, 0.717) is 12.5 Å². The molecule has 130 valence electrons. The van der Waals surface area contributed by atoms with Crippen molar-refractivity contribution in [3.05, 3.63) is 42.4 Å². The first-order valence-corrected chi connectivity index (χ1v) is 8.14. The van der Waals surface area contributed by atoms with Gasteiger partial charge in [-0.15, -0.1) is 0 Å². The first-order chi connectivity index (χ1) is 11.6. The molecule has 3 heterocycles. The van der Waals surface area contributed by atoms with Crippen molar-refractivity contribution in [1.29, 1.82) is 0 Å². The second kappa shape index (κ2) is 7.63. The quantitative estimate of drug-likeness (QED) is 0.796. The molecule has 0 radical (unpaired) electrons. The van der Waals surface area contributed by atoms with Gasteiger partial charge < -0.3 is 18.6 Å². The predicted octanol–water partition coefficient (Wildman–Crippen LogP) is 1.21. The number of aromatic nitrogens is 2. The number of rotatable bonds is 6. The summed E-state index contributed by atoms with van der Waals surface area (Å²) in [6.07, 6.45) is 5.53. The predicted molar refractivity (Wildman–Crippen MR) is 88.1 cm³/mol. The molecule has 1 aliphatic heterocycles. The standard InChI is InChI=1S/C17H24N4O3/c1-19(2)17(22)13-23-12-14-8-20(10-15-4-3-7-24-15)11-16-18-5-6-21(16)9-14/h3-7,14H,8-13H2,1-2H3/t14-/m0/s1. The number of carbonyl (C=O) groups is 1. The fraction of sp³-hybridized carbons (Fsp3) is 0.529. The molecule has 7 nitrogen and oxygen atoms in total. The third-order valence-electron chi connectivity index (χ3n) is 4.18. The van der Waals surface area contributed by atoms with Crippen molar-refractivity contribution >= 4 is 5.91 Å². The number of hydrogen-bond donors (Lipinski definition) is 0. The fourth-order valence-electron chi connectivity index (χ4n) is 2.91. The summed E-state index contributed by atoms with van der Waals surface area (Å²) in [5.41, 5.74) is 0. The lowest BCUT2D eigenvalue weighted by molar-refractivity contribution is -0.134. The van der Waals surface area contributed by atoms with E-state index in [1.807, 2.05) is 24.5 Å². The minimum Gasteiger partial charge on any atom is -0.468 e. The molecule has 1 amide bonds. The lowest BCUT2D eigenvalue weighted by Gasteiger charge is -2.23. The summed E-state index contributed by atoms with van der Waals surface area (Å²) in [6, 6.07) is 3.89. The molecular weight excluding hydrogens is 308 g/mol. The highest BCUT2D eigenvalue weighted by molar-refractivity contribution is 5.76. The summed E-state index contributed by atoms with van der Waals surface area (Å²) in [5.74, 6) is 2.27. The first-order valence-electron chi connectivity index (χ1n) is 8.14. The van der Waals surface area contributed by atoms with E-state index in [0.717, 1.165) is 37.8 Å². The number of nitrogens with zero attached hydrogens (tertiary/aromatic N) is 4. The SMILES string of the molecule is CN(C)C(=O)COC[C@H]1CN(Cc2ccco2)Cc2nccn2C1. The van der Waals surface area contributed by atoms with E-state index in [1.54, 1.807) is 25.3 Å². The summed E-state index contributed by atoms with van der Waals surface area (Å²) in [5, 5.41) is 0. The summed E-state index contributed by atoms with van der Waals surface area (Å²) >= 11 is 0. The minimum atomic E-state index is -0.0145. The topological polar surface area (TPSA) is 63.7 Å². The van der Waals surface area contributed by atoms with Crippen molar-refractivity contribution in [2.24, 2.45) is 5.92 Å². The molecular formula is C17H24N4O3. The Bertz CT molecular complexity index is 651. The first kappa shape index (κ1) is 16.7. The van der Waals surface area contributed by atoms with Crippen molar-refractivity contribution < 1.29 is 13.9 Å². The highest BCUT2D eigenvalue weighted by atomic mass is 16.5. The van der Waals surface area contributed by atoms with Crippen molar-refractivity contribution in [3.8, 4) is 0 Å². The Kier molecular flexibility index (Phi) is 5.32. The number of fused-ring (bicyclic) bond motifs is 1. The highest BCUT2D eigenvalue weighted by Crippen LogP contribution is 2.18. The van der Waals surface area contributed by atoms with Gasteiger partial charge in [0.25, 0.3) is 0 Å². The number of likely N-dealkylation sites (N-methyl/N-ethyl adjacent to an activating group) is 1. The molecule has 0 N–H and O–H groups in total. The molecule has 0 bridgehead atoms. The van der Waals surface area contributed by atoms with Crippen LogP contribution in [0.4, 0.5) is 0 Å². The van der Waals surface area contributed by atoms with Gasteiger partial charge in [0.15, 0.2) is 0 Å². The van der Waals surface area contributed by atoms with Crippen molar-refractivity contribution in [2.75, 3.05) is 33.9 Å². The van der Waals surface area contributed by atoms with Gasteiger partial charge in [0.05, 0.1) is 26.0 Å². The smallest absolute Gasteiger partial charge is 0.248 e. The number of amides is 1. The maximum Gasteiger partial charge on any atom is 0.248 e. The zero-order chi connectivity index (χ0) is 16.9. The van der Waals surface area contributed by atoms with Crippen LogP contribution in [0.3, 0.4) is 0 Å². The number of ether oxygens (including phenoxy) is 1. The third kappa shape index (κ3) is 4.24. The Morgan fingerprint density at radius 3 is 3.08 bits per heavy atom. The van der Waals surface area contributed by atoms with Gasteiger partial charge in [-0.3, -0.25) is 9.69 Å². The van der Waals surface area contributed by atoms with Gasteiger partial charge in [-0.1, -0.05) is 0 Å². The van der Waals surface area contributed by atoms with E-state index in [2.05, 4.69) is 14.5 Å². The maximum atomic E-state index is 11.6. The highest BCUT2D eigenvalue weighted by Gasteiger charge is 2.23. The lowest BCUT2D eigenvalue weighted by atomic mass is 10.1. The molecule has 0 aromatic carbocycles. The Hall–Kier alpha value is -2.12. The summed E-state index contributed by atoms with van der Waals surface area (Å²) in [4.78, 5) is 20.0. The number of hydrogen-bond acceptors (Lipinski definition) is 5. The molecule has 3 rings (SSSR count). The van der Waals surface area contributed by atoms with Crippen molar-refractivity contribution in [3.63, 3.8) is 0 Å². The second-order valence-electron chi connectivity index (χ2n) is 6.41. The van der Waals surface area contributed by atoms with E-state index in [4.69, 9.17) is 9.15 Å². The molecule has 24 heavy (non-hydrogen) atoms. The summed E-state index contributed by atoms with van der Waals surface area (Å²) in [6.45, 7) is 3.92. The van der Waals surface area contributed by atoms with E-state index in [1.165, 1.54) is 0 Å². The number of carbonyl (C=O) groups excluding carboxylic acids is 1. The summed E-state index contributed by atoms with van der Waals surface area (Å²) < 4.78 is 13.3. The zero-order valence-corrected chi connectivity index (χ0v) is 14.2. The van der Waals surface area contributed by atoms with Gasteiger partial charge in [0.1, 0.15) is 18.2 Å². The molecule has 0 unspecified atom stereocenters. The van der Waals surface area contributed by atoms with E-state index >= 15 is 0 Å². The van der Waals surface area contributed by atoms with Gasteiger partial charge >= 0.3 is 0 Å². The molecule has 1 atom stereocenters.